The van der Waals surface area contributed by atoms with Crippen LogP contribution < -0.4 is 4.74 Å². The van der Waals surface area contributed by atoms with Crippen LogP contribution in [0.3, 0.4) is 0 Å². The van der Waals surface area contributed by atoms with E-state index in [-0.39, 0.29) is 0 Å². The second-order valence-corrected chi connectivity index (χ2v) is 9.25. The zero-order valence-corrected chi connectivity index (χ0v) is 20.4. The van der Waals surface area contributed by atoms with Gasteiger partial charge in [0.25, 0.3) is 0 Å². The van der Waals surface area contributed by atoms with Crippen LogP contribution in [0, 0.1) is 12.8 Å². The standard InChI is InChI=1S/C26H33N5O4/c1-18-10-20-11-22(14-27-26(20)30-18)35-25-13-21(28-17-29-25)12-23(16-32-2)33-8-3-6-31-7-4-24-19(15-31)5-9-34-24/h10-12,14,16-17,19,24H,3-9,13,15H2,1-2H3,(H,27,30). The van der Waals surface area contributed by atoms with Crippen molar-refractivity contribution in [2.45, 2.75) is 38.7 Å². The van der Waals surface area contributed by atoms with E-state index < -0.39 is 0 Å². The highest BCUT2D eigenvalue weighted by molar-refractivity contribution is 5.90. The molecule has 0 aromatic carbocycles. The molecule has 5 rings (SSSR count). The maximum Gasteiger partial charge on any atom is 0.202 e. The van der Waals surface area contributed by atoms with Crippen molar-refractivity contribution in [3.63, 3.8) is 0 Å². The first-order chi connectivity index (χ1) is 17.2. The summed E-state index contributed by atoms with van der Waals surface area (Å²) in [6.45, 7) is 6.81. The molecule has 0 radical (unpaired) electrons. The van der Waals surface area contributed by atoms with Gasteiger partial charge in [0.1, 0.15) is 24.0 Å². The minimum atomic E-state index is 0.448. The van der Waals surface area contributed by atoms with Gasteiger partial charge in [-0.2, -0.15) is 0 Å². The summed E-state index contributed by atoms with van der Waals surface area (Å²) in [6.07, 6.45) is 10.9. The third-order valence-electron chi connectivity index (χ3n) is 6.57. The van der Waals surface area contributed by atoms with Crippen LogP contribution in [0.5, 0.6) is 5.75 Å². The fourth-order valence-corrected chi connectivity index (χ4v) is 4.91. The van der Waals surface area contributed by atoms with Crippen LogP contribution >= 0.6 is 0 Å². The van der Waals surface area contributed by atoms with Crippen molar-refractivity contribution in [1.29, 1.82) is 0 Å². The number of allylic oxidation sites excluding steroid dienone is 1. The average Bonchev–Trinajstić information content (AvgIpc) is 3.47. The van der Waals surface area contributed by atoms with Crippen molar-refractivity contribution in [3.8, 4) is 5.75 Å². The third-order valence-corrected chi connectivity index (χ3v) is 6.57. The number of methoxy groups -OCH3 is 1. The molecule has 2 aromatic heterocycles. The smallest absolute Gasteiger partial charge is 0.202 e. The third kappa shape index (κ3) is 6.10. The van der Waals surface area contributed by atoms with Crippen LogP contribution in [0.4, 0.5) is 0 Å². The molecule has 3 aliphatic rings. The molecule has 0 bridgehead atoms. The Morgan fingerprint density at radius 3 is 3.17 bits per heavy atom. The molecule has 2 unspecified atom stereocenters. The van der Waals surface area contributed by atoms with Crippen LogP contribution in [0.1, 0.15) is 31.4 Å². The van der Waals surface area contributed by atoms with Crippen molar-refractivity contribution < 1.29 is 18.9 Å². The second kappa shape index (κ2) is 11.0. The van der Waals surface area contributed by atoms with Crippen molar-refractivity contribution in [2.75, 3.05) is 40.0 Å². The Kier molecular flexibility index (Phi) is 7.44. The number of aryl methyl sites for hydroxylation is 1. The lowest BCUT2D eigenvalue weighted by Crippen LogP contribution is -2.41. The molecule has 0 aliphatic carbocycles. The molecule has 2 saturated heterocycles. The van der Waals surface area contributed by atoms with E-state index in [1.165, 1.54) is 12.8 Å². The SMILES string of the molecule is COC=C(C=C1CC(Oc2cnc3[nH]c(C)cc3c2)=NC=N1)OCCCN1CCC2OCCC2C1. The highest BCUT2D eigenvalue weighted by Gasteiger charge is 2.33. The summed E-state index contributed by atoms with van der Waals surface area (Å²) in [5.74, 6) is 2.53. The summed E-state index contributed by atoms with van der Waals surface area (Å²) in [6, 6.07) is 3.99. The molecule has 9 heteroatoms. The van der Waals surface area contributed by atoms with E-state index in [2.05, 4.69) is 24.9 Å². The largest absolute Gasteiger partial charge is 0.501 e. The van der Waals surface area contributed by atoms with E-state index in [1.54, 1.807) is 19.6 Å². The van der Waals surface area contributed by atoms with Crippen molar-refractivity contribution in [1.82, 2.24) is 14.9 Å². The number of hydrogen-bond donors (Lipinski definition) is 1. The van der Waals surface area contributed by atoms with Gasteiger partial charge in [0.2, 0.25) is 5.90 Å². The molecule has 2 aromatic rings. The molecule has 0 amide bonds. The Labute approximate surface area is 205 Å². The lowest BCUT2D eigenvalue weighted by Gasteiger charge is -2.34. The molecule has 2 atom stereocenters. The van der Waals surface area contributed by atoms with Crippen LogP contribution in [-0.4, -0.2) is 73.2 Å². The molecule has 2 fully saturated rings. The first-order valence-electron chi connectivity index (χ1n) is 12.3. The molecule has 3 aliphatic heterocycles. The number of aromatic amines is 1. The minimum Gasteiger partial charge on any atom is -0.501 e. The number of aliphatic imine (C=N–C) groups is 2. The van der Waals surface area contributed by atoms with E-state index in [4.69, 9.17) is 18.9 Å². The number of likely N-dealkylation sites (tertiary alicyclic amines) is 1. The highest BCUT2D eigenvalue weighted by Crippen LogP contribution is 2.28. The summed E-state index contributed by atoms with van der Waals surface area (Å²) >= 11 is 0. The maximum atomic E-state index is 6.01. The molecule has 35 heavy (non-hydrogen) atoms. The van der Waals surface area contributed by atoms with Gasteiger partial charge in [-0.1, -0.05) is 0 Å². The first kappa shape index (κ1) is 23.6. The van der Waals surface area contributed by atoms with Gasteiger partial charge in [-0.05, 0) is 38.3 Å². The summed E-state index contributed by atoms with van der Waals surface area (Å²) in [4.78, 5) is 18.8. The Morgan fingerprint density at radius 1 is 1.31 bits per heavy atom. The van der Waals surface area contributed by atoms with E-state index in [0.717, 1.165) is 61.5 Å². The van der Waals surface area contributed by atoms with Crippen LogP contribution in [0.25, 0.3) is 11.0 Å². The first-order valence-corrected chi connectivity index (χ1v) is 12.3. The van der Waals surface area contributed by atoms with Gasteiger partial charge < -0.3 is 28.8 Å². The van der Waals surface area contributed by atoms with Gasteiger partial charge in [-0.3, -0.25) is 0 Å². The van der Waals surface area contributed by atoms with Gasteiger partial charge in [-0.15, -0.1) is 0 Å². The summed E-state index contributed by atoms with van der Waals surface area (Å²) in [5.41, 5.74) is 2.68. The Hall–Kier alpha value is -3.17. The number of H-pyrrole nitrogens is 1. The Bertz CT molecular complexity index is 1150. The number of hydrogen-bond acceptors (Lipinski definition) is 8. The predicted octanol–water partition coefficient (Wildman–Crippen LogP) is 3.97. The maximum absolute atomic E-state index is 6.01. The molecule has 1 N–H and O–H groups in total. The highest BCUT2D eigenvalue weighted by atomic mass is 16.5. The minimum absolute atomic E-state index is 0.448. The second-order valence-electron chi connectivity index (χ2n) is 9.25. The van der Waals surface area contributed by atoms with Gasteiger partial charge in [0.05, 0.1) is 38.1 Å². The monoisotopic (exact) mass is 479 g/mol. The number of nitrogens with zero attached hydrogens (tertiary/aromatic N) is 4. The molecule has 0 saturated carbocycles. The lowest BCUT2D eigenvalue weighted by atomic mass is 9.94. The van der Waals surface area contributed by atoms with E-state index in [1.807, 2.05) is 25.1 Å². The summed E-state index contributed by atoms with van der Waals surface area (Å²) in [5, 5.41) is 1.00. The average molecular weight is 480 g/mol. The number of ether oxygens (including phenoxy) is 4. The number of fused-ring (bicyclic) bond motifs is 2. The molecule has 9 nitrogen and oxygen atoms in total. The number of aromatic nitrogens is 2. The Balaban J connectivity index is 1.11. The van der Waals surface area contributed by atoms with Gasteiger partial charge in [0, 0.05) is 49.3 Å². The quantitative estimate of drug-likeness (QED) is 0.455. The van der Waals surface area contributed by atoms with Gasteiger partial charge >= 0.3 is 0 Å². The number of pyridine rings is 1. The zero-order chi connectivity index (χ0) is 24.0. The summed E-state index contributed by atoms with van der Waals surface area (Å²) < 4.78 is 23.0. The van der Waals surface area contributed by atoms with Crippen molar-refractivity contribution in [2.24, 2.45) is 15.9 Å². The number of piperidine rings is 1. The molecular weight excluding hydrogens is 446 g/mol. The Morgan fingerprint density at radius 2 is 2.26 bits per heavy atom. The fourth-order valence-electron chi connectivity index (χ4n) is 4.91. The lowest BCUT2D eigenvalue weighted by molar-refractivity contribution is 0.0330. The van der Waals surface area contributed by atoms with E-state index >= 15 is 0 Å². The van der Waals surface area contributed by atoms with Crippen LogP contribution in [-0.2, 0) is 14.2 Å². The normalized spacial score (nSPS) is 24.0. The zero-order valence-electron chi connectivity index (χ0n) is 20.4. The number of nitrogens with one attached hydrogen (secondary N) is 1. The van der Waals surface area contributed by atoms with E-state index in [9.17, 15) is 0 Å². The van der Waals surface area contributed by atoms with Crippen LogP contribution in [0.15, 0.2) is 52.1 Å². The molecule has 5 heterocycles. The summed E-state index contributed by atoms with van der Waals surface area (Å²) in [7, 11) is 1.61. The molecule has 186 valence electrons. The van der Waals surface area contributed by atoms with Crippen LogP contribution in [0.2, 0.25) is 0 Å². The molecular formula is C26H33N5O4. The van der Waals surface area contributed by atoms with Crippen molar-refractivity contribution in [3.05, 3.63) is 47.8 Å². The van der Waals surface area contributed by atoms with Gasteiger partial charge in [-0.25, -0.2) is 15.0 Å². The topological polar surface area (TPSA) is 93.6 Å². The molecule has 0 spiro atoms. The fraction of sp³-hybridized carbons (Fsp3) is 0.500. The van der Waals surface area contributed by atoms with Crippen molar-refractivity contribution >= 4 is 23.3 Å². The predicted molar refractivity (Wildman–Crippen MR) is 135 cm³/mol. The number of rotatable bonds is 8. The van der Waals surface area contributed by atoms with E-state index in [0.29, 0.717) is 42.5 Å². The van der Waals surface area contributed by atoms with Gasteiger partial charge in [0.15, 0.2) is 5.76 Å².